The number of piperidine rings is 1. The van der Waals surface area contributed by atoms with E-state index in [2.05, 4.69) is 9.71 Å². The summed E-state index contributed by atoms with van der Waals surface area (Å²) < 4.78 is 64.0. The lowest BCUT2D eigenvalue weighted by atomic mass is 9.78. The van der Waals surface area contributed by atoms with Gasteiger partial charge in [0.1, 0.15) is 5.82 Å². The summed E-state index contributed by atoms with van der Waals surface area (Å²) in [5.41, 5.74) is 0.494. The first-order valence-corrected chi connectivity index (χ1v) is 12.5. The smallest absolute Gasteiger partial charge is 0.356 e. The van der Waals surface area contributed by atoms with E-state index < -0.39 is 27.2 Å². The highest BCUT2D eigenvalue weighted by atomic mass is 32.2. The number of aromatic nitrogens is 1. The van der Waals surface area contributed by atoms with Gasteiger partial charge in [-0.05, 0) is 62.1 Å². The van der Waals surface area contributed by atoms with Crippen LogP contribution in [0.1, 0.15) is 30.4 Å². The second kappa shape index (κ2) is 8.19. The van der Waals surface area contributed by atoms with Crippen molar-refractivity contribution in [1.82, 2.24) is 4.98 Å². The van der Waals surface area contributed by atoms with E-state index in [0.29, 0.717) is 44.0 Å². The molecule has 0 unspecified atom stereocenters. The molecule has 7 nitrogen and oxygen atoms in total. The van der Waals surface area contributed by atoms with Gasteiger partial charge in [0, 0.05) is 37.2 Å². The molecule has 0 bridgehead atoms. The average molecular weight is 483 g/mol. The number of anilines is 3. The number of nitrogens with one attached hydrogen (secondary N) is 1. The largest absolute Gasteiger partial charge is 0.417 e. The summed E-state index contributed by atoms with van der Waals surface area (Å²) in [5.74, 6) is 0.409. The molecule has 2 saturated heterocycles. The Morgan fingerprint density at radius 1 is 1.12 bits per heavy atom. The maximum atomic E-state index is 13.5. The van der Waals surface area contributed by atoms with Crippen molar-refractivity contribution in [3.8, 4) is 0 Å². The van der Waals surface area contributed by atoms with Gasteiger partial charge in [-0.3, -0.25) is 9.52 Å². The topological polar surface area (TPSA) is 82.6 Å². The number of rotatable bonds is 4. The highest BCUT2D eigenvalue weighted by molar-refractivity contribution is 7.92. The number of hydrogen-bond donors (Lipinski definition) is 1. The van der Waals surface area contributed by atoms with Crippen LogP contribution < -0.4 is 14.5 Å². The molecule has 3 heterocycles. The fourth-order valence-electron chi connectivity index (χ4n) is 4.73. The van der Waals surface area contributed by atoms with Gasteiger partial charge in [-0.2, -0.15) is 13.2 Å². The molecule has 0 radical (unpaired) electrons. The summed E-state index contributed by atoms with van der Waals surface area (Å²) in [5, 5.41) is 0. The second-order valence-corrected chi connectivity index (χ2v) is 10.5. The van der Waals surface area contributed by atoms with Crippen molar-refractivity contribution in [3.63, 3.8) is 0 Å². The van der Waals surface area contributed by atoms with E-state index in [9.17, 15) is 26.4 Å². The van der Waals surface area contributed by atoms with Crippen LogP contribution in [0, 0.1) is 12.3 Å². The first kappa shape index (κ1) is 23.3. The predicted octanol–water partition coefficient (Wildman–Crippen LogP) is 3.80. The molecule has 0 saturated carbocycles. The normalized spacial score (nSPS) is 21.7. The highest BCUT2D eigenvalue weighted by Crippen LogP contribution is 2.43. The quantitative estimate of drug-likeness (QED) is 0.717. The van der Waals surface area contributed by atoms with Gasteiger partial charge in [-0.25, -0.2) is 13.4 Å². The SMILES string of the molecule is Cc1cc(NS(C)(=O)=O)ccc1N1CC[C@@]2(CCCN(c3ccc(C(F)(F)F)cn3)C2)C1=O. The van der Waals surface area contributed by atoms with Gasteiger partial charge in [-0.15, -0.1) is 0 Å². The van der Waals surface area contributed by atoms with Crippen molar-refractivity contribution >= 4 is 33.1 Å². The van der Waals surface area contributed by atoms with Crippen molar-refractivity contribution < 1.29 is 26.4 Å². The van der Waals surface area contributed by atoms with Crippen molar-refractivity contribution in [3.05, 3.63) is 47.7 Å². The van der Waals surface area contributed by atoms with Gasteiger partial charge in [-0.1, -0.05) is 0 Å². The number of nitrogens with zero attached hydrogens (tertiary/aromatic N) is 3. The maximum Gasteiger partial charge on any atom is 0.417 e. The molecule has 0 aliphatic carbocycles. The fraction of sp³-hybridized carbons (Fsp3) is 0.455. The Morgan fingerprint density at radius 2 is 1.88 bits per heavy atom. The zero-order valence-corrected chi connectivity index (χ0v) is 19.1. The standard InChI is InChI=1S/C22H25F3N4O3S/c1-15-12-17(27-33(2,31)32)5-6-18(15)29-11-9-21(20(29)30)8-3-10-28(14-21)19-7-4-16(13-26-19)22(23,24)25/h4-7,12-13,27H,3,8-11,14H2,1-2H3/t21-/m1/s1. The molecular weight excluding hydrogens is 457 g/mol. The molecule has 1 spiro atoms. The summed E-state index contributed by atoms with van der Waals surface area (Å²) >= 11 is 0. The van der Waals surface area contributed by atoms with Crippen LogP contribution in [0.3, 0.4) is 0 Å². The van der Waals surface area contributed by atoms with E-state index in [0.717, 1.165) is 36.2 Å². The second-order valence-electron chi connectivity index (χ2n) is 8.79. The molecule has 1 atom stereocenters. The Balaban J connectivity index is 1.53. The Hall–Kier alpha value is -2.82. The van der Waals surface area contributed by atoms with Crippen LogP contribution in [0.15, 0.2) is 36.5 Å². The molecule has 2 aromatic rings. The first-order valence-electron chi connectivity index (χ1n) is 10.6. The summed E-state index contributed by atoms with van der Waals surface area (Å²) in [6.07, 6.45) is -0.476. The molecule has 2 fully saturated rings. The van der Waals surface area contributed by atoms with Crippen LogP contribution in [0.2, 0.25) is 0 Å². The minimum absolute atomic E-state index is 0.0222. The number of hydrogen-bond acceptors (Lipinski definition) is 5. The third kappa shape index (κ3) is 4.78. The van der Waals surface area contributed by atoms with Crippen LogP contribution in [0.5, 0.6) is 0 Å². The lowest BCUT2D eigenvalue weighted by Gasteiger charge is -2.39. The van der Waals surface area contributed by atoms with Crippen molar-refractivity contribution in [2.24, 2.45) is 5.41 Å². The fourth-order valence-corrected chi connectivity index (χ4v) is 5.29. The molecule has 2 aliphatic rings. The Kier molecular flexibility index (Phi) is 5.80. The number of pyridine rings is 1. The molecular formula is C22H25F3N4O3S. The summed E-state index contributed by atoms with van der Waals surface area (Å²) in [6, 6.07) is 7.42. The molecule has 1 aromatic carbocycles. The van der Waals surface area contributed by atoms with E-state index in [1.54, 1.807) is 23.1 Å². The van der Waals surface area contributed by atoms with Gasteiger partial charge >= 0.3 is 6.18 Å². The first-order chi connectivity index (χ1) is 15.4. The van der Waals surface area contributed by atoms with Gasteiger partial charge in [0.2, 0.25) is 15.9 Å². The lowest BCUT2D eigenvalue weighted by molar-refractivity contribution is -0.137. The molecule has 11 heteroatoms. The number of alkyl halides is 3. The van der Waals surface area contributed by atoms with Crippen molar-refractivity contribution in [2.75, 3.05) is 40.4 Å². The molecule has 33 heavy (non-hydrogen) atoms. The Morgan fingerprint density at radius 3 is 2.48 bits per heavy atom. The lowest BCUT2D eigenvalue weighted by Crippen LogP contribution is -2.48. The minimum atomic E-state index is -4.44. The number of amides is 1. The average Bonchev–Trinajstić information content (AvgIpc) is 3.02. The van der Waals surface area contributed by atoms with E-state index in [-0.39, 0.29) is 5.91 Å². The number of aryl methyl sites for hydroxylation is 1. The van der Waals surface area contributed by atoms with E-state index in [4.69, 9.17) is 0 Å². The molecule has 1 amide bonds. The Labute approximate surface area is 190 Å². The zero-order valence-electron chi connectivity index (χ0n) is 18.3. The predicted molar refractivity (Wildman–Crippen MR) is 120 cm³/mol. The summed E-state index contributed by atoms with van der Waals surface area (Å²) in [7, 11) is -3.41. The molecule has 1 N–H and O–H groups in total. The van der Waals surface area contributed by atoms with Gasteiger partial charge in [0.05, 0.1) is 17.2 Å². The van der Waals surface area contributed by atoms with Crippen molar-refractivity contribution in [1.29, 1.82) is 0 Å². The van der Waals surface area contributed by atoms with Gasteiger partial charge < -0.3 is 9.80 Å². The van der Waals surface area contributed by atoms with Crippen LogP contribution in [-0.2, 0) is 21.0 Å². The van der Waals surface area contributed by atoms with E-state index >= 15 is 0 Å². The number of benzene rings is 1. The maximum absolute atomic E-state index is 13.5. The van der Waals surface area contributed by atoms with E-state index in [1.165, 1.54) is 6.07 Å². The third-order valence-electron chi connectivity index (χ3n) is 6.28. The number of sulfonamides is 1. The van der Waals surface area contributed by atoms with E-state index in [1.807, 2.05) is 11.8 Å². The molecule has 178 valence electrons. The van der Waals surface area contributed by atoms with Gasteiger partial charge in [0.15, 0.2) is 0 Å². The number of carbonyl (C=O) groups is 1. The molecule has 4 rings (SSSR count). The van der Waals surface area contributed by atoms with Gasteiger partial charge in [0.25, 0.3) is 0 Å². The number of halogens is 3. The van der Waals surface area contributed by atoms with Crippen LogP contribution in [0.25, 0.3) is 0 Å². The zero-order chi connectivity index (χ0) is 24.0. The number of carbonyl (C=O) groups excluding carboxylic acids is 1. The van der Waals surface area contributed by atoms with Crippen LogP contribution >= 0.6 is 0 Å². The van der Waals surface area contributed by atoms with Crippen molar-refractivity contribution in [2.45, 2.75) is 32.4 Å². The third-order valence-corrected chi connectivity index (χ3v) is 6.89. The highest BCUT2D eigenvalue weighted by Gasteiger charge is 2.49. The van der Waals surface area contributed by atoms with Crippen LogP contribution in [-0.4, -0.2) is 45.2 Å². The summed E-state index contributed by atoms with van der Waals surface area (Å²) in [6.45, 7) is 3.36. The minimum Gasteiger partial charge on any atom is -0.356 e. The molecule has 2 aliphatic heterocycles. The molecule has 1 aromatic heterocycles. The Bertz CT molecular complexity index is 1170. The monoisotopic (exact) mass is 482 g/mol. The summed E-state index contributed by atoms with van der Waals surface area (Å²) in [4.78, 5) is 21.1. The van der Waals surface area contributed by atoms with Crippen LogP contribution in [0.4, 0.5) is 30.4 Å².